The van der Waals surface area contributed by atoms with Crippen molar-refractivity contribution in [2.75, 3.05) is 0 Å². The summed E-state index contributed by atoms with van der Waals surface area (Å²) in [5.41, 5.74) is 12.6. The summed E-state index contributed by atoms with van der Waals surface area (Å²) in [6.45, 7) is 0. The molecule has 5 heteroatoms. The Kier molecular flexibility index (Phi) is 7.64. The van der Waals surface area contributed by atoms with Crippen LogP contribution in [0.3, 0.4) is 0 Å². The first-order chi connectivity index (χ1) is 27.8. The van der Waals surface area contributed by atoms with Crippen molar-refractivity contribution in [3.05, 3.63) is 194 Å². The zero-order valence-corrected chi connectivity index (χ0v) is 31.0. The molecule has 11 aromatic rings. The quantitative estimate of drug-likeness (QED) is 0.171. The van der Waals surface area contributed by atoms with Crippen LogP contribution in [0.15, 0.2) is 194 Å². The maximum atomic E-state index is 4.96. The van der Waals surface area contributed by atoms with Gasteiger partial charge in [0.15, 0.2) is 17.5 Å². The fourth-order valence-corrected chi connectivity index (χ4v) is 9.31. The van der Waals surface area contributed by atoms with Crippen LogP contribution < -0.4 is 0 Å². The van der Waals surface area contributed by atoms with E-state index in [1.54, 1.807) is 0 Å². The zero-order valence-electron chi connectivity index (χ0n) is 30.2. The Hall–Kier alpha value is -7.21. The Morgan fingerprint density at radius 3 is 1.45 bits per heavy atom. The molecule has 4 nitrogen and oxygen atoms in total. The lowest BCUT2D eigenvalue weighted by Gasteiger charge is -2.13. The van der Waals surface area contributed by atoms with E-state index in [1.165, 1.54) is 64.5 Å². The van der Waals surface area contributed by atoms with Gasteiger partial charge in [-0.3, -0.25) is 4.40 Å². The summed E-state index contributed by atoms with van der Waals surface area (Å²) < 4.78 is 3.77. The topological polar surface area (TPSA) is 43.1 Å². The van der Waals surface area contributed by atoms with Gasteiger partial charge in [-0.15, -0.1) is 11.3 Å². The molecule has 0 aliphatic heterocycles. The highest BCUT2D eigenvalue weighted by molar-refractivity contribution is 7.24. The number of aromatic nitrogens is 4. The number of nitrogens with zero attached hydrogens (tertiary/aromatic N) is 4. The van der Waals surface area contributed by atoms with Crippen molar-refractivity contribution in [3.8, 4) is 67.5 Å². The molecule has 11 rings (SSSR count). The van der Waals surface area contributed by atoms with E-state index in [0.29, 0.717) is 17.5 Å². The number of benzene rings is 8. The summed E-state index contributed by atoms with van der Waals surface area (Å²) in [5, 5.41) is 3.69. The van der Waals surface area contributed by atoms with Crippen molar-refractivity contribution in [3.63, 3.8) is 0 Å². The average molecular weight is 733 g/mol. The highest BCUT2D eigenvalue weighted by atomic mass is 32.1. The second-order valence-electron chi connectivity index (χ2n) is 14.0. The molecular formula is C51H32N4S. The van der Waals surface area contributed by atoms with E-state index in [4.69, 9.17) is 15.0 Å². The first-order valence-electron chi connectivity index (χ1n) is 18.8. The van der Waals surface area contributed by atoms with Crippen LogP contribution in [0.1, 0.15) is 0 Å². The Morgan fingerprint density at radius 1 is 0.339 bits per heavy atom. The molecule has 0 saturated heterocycles. The maximum Gasteiger partial charge on any atom is 0.164 e. The molecule has 56 heavy (non-hydrogen) atoms. The SMILES string of the molecule is c1ccc(-c2nc(-c3ccccc3)nc(-c3ccc(-c4ccc(-c5c6cccc(-c7ccccc7)c6n6c5sc5ccccc56)c5ccccc45)cc3)n2)cc1. The predicted molar refractivity (Wildman–Crippen MR) is 234 cm³/mol. The van der Waals surface area contributed by atoms with Gasteiger partial charge in [-0.05, 0) is 45.2 Å². The fourth-order valence-electron chi connectivity index (χ4n) is 8.09. The van der Waals surface area contributed by atoms with Crippen LogP contribution in [-0.2, 0) is 0 Å². The van der Waals surface area contributed by atoms with E-state index in [1.807, 2.05) is 72.0 Å². The Bertz CT molecular complexity index is 3160. The Labute approximate surface area is 327 Å². The lowest BCUT2D eigenvalue weighted by molar-refractivity contribution is 1.07. The second-order valence-corrected chi connectivity index (χ2v) is 15.0. The van der Waals surface area contributed by atoms with E-state index in [9.17, 15) is 0 Å². The molecule has 0 aliphatic rings. The van der Waals surface area contributed by atoms with Gasteiger partial charge in [-0.25, -0.2) is 15.0 Å². The van der Waals surface area contributed by atoms with Crippen molar-refractivity contribution >= 4 is 48.1 Å². The van der Waals surface area contributed by atoms with Crippen molar-refractivity contribution in [2.24, 2.45) is 0 Å². The first-order valence-corrected chi connectivity index (χ1v) is 19.6. The van der Waals surface area contributed by atoms with Gasteiger partial charge >= 0.3 is 0 Å². The van der Waals surface area contributed by atoms with Gasteiger partial charge in [0.2, 0.25) is 0 Å². The molecule has 262 valence electrons. The van der Waals surface area contributed by atoms with E-state index in [2.05, 4.69) is 138 Å². The van der Waals surface area contributed by atoms with Crippen molar-refractivity contribution in [1.82, 2.24) is 19.4 Å². The number of rotatable bonds is 6. The number of thiazole rings is 1. The molecular weight excluding hydrogens is 701 g/mol. The van der Waals surface area contributed by atoms with Crippen molar-refractivity contribution < 1.29 is 0 Å². The lowest BCUT2D eigenvalue weighted by atomic mass is 9.91. The molecule has 0 bridgehead atoms. The third-order valence-electron chi connectivity index (χ3n) is 10.7. The van der Waals surface area contributed by atoms with Crippen LogP contribution in [0.2, 0.25) is 0 Å². The number of para-hydroxylation sites is 2. The van der Waals surface area contributed by atoms with Crippen LogP contribution in [0, 0.1) is 0 Å². The minimum absolute atomic E-state index is 0.646. The molecule has 0 spiro atoms. The highest BCUT2D eigenvalue weighted by Gasteiger charge is 2.23. The van der Waals surface area contributed by atoms with Gasteiger partial charge in [0.05, 0.1) is 15.7 Å². The lowest BCUT2D eigenvalue weighted by Crippen LogP contribution is -2.00. The smallest absolute Gasteiger partial charge is 0.164 e. The fraction of sp³-hybridized carbons (Fsp3) is 0. The first kappa shape index (κ1) is 32.2. The van der Waals surface area contributed by atoms with Gasteiger partial charge in [0.25, 0.3) is 0 Å². The monoisotopic (exact) mass is 732 g/mol. The summed E-state index contributed by atoms with van der Waals surface area (Å²) in [4.78, 5) is 16.1. The third-order valence-corrected chi connectivity index (χ3v) is 11.8. The summed E-state index contributed by atoms with van der Waals surface area (Å²) in [6.07, 6.45) is 0. The summed E-state index contributed by atoms with van der Waals surface area (Å²) >= 11 is 1.87. The zero-order chi connectivity index (χ0) is 37.0. The van der Waals surface area contributed by atoms with Crippen molar-refractivity contribution in [1.29, 1.82) is 0 Å². The Balaban J connectivity index is 1.06. The highest BCUT2D eigenvalue weighted by Crippen LogP contribution is 2.47. The van der Waals surface area contributed by atoms with Crippen LogP contribution in [0.5, 0.6) is 0 Å². The summed E-state index contributed by atoms with van der Waals surface area (Å²) in [7, 11) is 0. The van der Waals surface area contributed by atoms with E-state index in [-0.39, 0.29) is 0 Å². The maximum absolute atomic E-state index is 4.96. The molecule has 0 atom stereocenters. The molecule has 8 aromatic carbocycles. The molecule has 0 radical (unpaired) electrons. The van der Waals surface area contributed by atoms with Crippen LogP contribution in [-0.4, -0.2) is 19.4 Å². The van der Waals surface area contributed by atoms with Crippen LogP contribution >= 0.6 is 11.3 Å². The molecule has 0 amide bonds. The third kappa shape index (κ3) is 5.32. The van der Waals surface area contributed by atoms with E-state index in [0.717, 1.165) is 22.3 Å². The summed E-state index contributed by atoms with van der Waals surface area (Å²) in [5.74, 6) is 1.95. The number of hydrogen-bond acceptors (Lipinski definition) is 4. The van der Waals surface area contributed by atoms with E-state index < -0.39 is 0 Å². The molecule has 0 fully saturated rings. The predicted octanol–water partition coefficient (Wildman–Crippen LogP) is 13.6. The van der Waals surface area contributed by atoms with Crippen LogP contribution in [0.25, 0.3) is 104 Å². The minimum atomic E-state index is 0.646. The molecule has 3 aromatic heterocycles. The standard InChI is InChI=1S/C51H32N4S/c1-4-15-33(16-5-1)39-23-14-24-43-46(51-55(47(39)43)44-25-12-13-26-45(44)56-51)42-32-31-38(40-21-10-11-22-41(40)42)34-27-29-37(30-28-34)50-53-48(35-17-6-2-7-18-35)52-49(54-50)36-19-8-3-9-20-36/h1-32H. The number of fused-ring (bicyclic) bond motifs is 6. The molecule has 0 unspecified atom stereocenters. The molecule has 0 N–H and O–H groups in total. The largest absolute Gasteiger partial charge is 0.299 e. The Morgan fingerprint density at radius 2 is 0.804 bits per heavy atom. The minimum Gasteiger partial charge on any atom is -0.299 e. The molecule has 3 heterocycles. The number of hydrogen-bond donors (Lipinski definition) is 0. The summed E-state index contributed by atoms with van der Waals surface area (Å²) in [6, 6.07) is 68.6. The van der Waals surface area contributed by atoms with Gasteiger partial charge < -0.3 is 0 Å². The normalized spacial score (nSPS) is 11.6. The van der Waals surface area contributed by atoms with E-state index >= 15 is 0 Å². The van der Waals surface area contributed by atoms with Gasteiger partial charge in [-0.2, -0.15) is 0 Å². The van der Waals surface area contributed by atoms with Crippen LogP contribution in [0.4, 0.5) is 0 Å². The average Bonchev–Trinajstić information content (AvgIpc) is 3.81. The molecule has 0 saturated carbocycles. The second kappa shape index (κ2) is 13.3. The van der Waals surface area contributed by atoms with Gasteiger partial charge in [-0.1, -0.05) is 182 Å². The van der Waals surface area contributed by atoms with Gasteiger partial charge in [0, 0.05) is 33.2 Å². The van der Waals surface area contributed by atoms with Crippen molar-refractivity contribution in [2.45, 2.75) is 0 Å². The van der Waals surface area contributed by atoms with Gasteiger partial charge in [0.1, 0.15) is 4.83 Å². The molecule has 0 aliphatic carbocycles.